The number of amides is 1. The van der Waals surface area contributed by atoms with Crippen molar-refractivity contribution in [2.75, 3.05) is 0 Å². The summed E-state index contributed by atoms with van der Waals surface area (Å²) < 4.78 is 0. The van der Waals surface area contributed by atoms with Crippen LogP contribution in [0.25, 0.3) is 5.57 Å². The van der Waals surface area contributed by atoms with E-state index >= 15 is 0 Å². The fourth-order valence-electron chi connectivity index (χ4n) is 2.95. The van der Waals surface area contributed by atoms with Crippen molar-refractivity contribution in [1.82, 2.24) is 5.32 Å². The van der Waals surface area contributed by atoms with E-state index in [1.165, 1.54) is 23.6 Å². The lowest BCUT2D eigenvalue weighted by atomic mass is 9.94. The second-order valence-corrected chi connectivity index (χ2v) is 5.28. The van der Waals surface area contributed by atoms with Gasteiger partial charge >= 0.3 is 0 Å². The number of carbonyl (C=O) groups is 1. The zero-order chi connectivity index (χ0) is 13.6. The van der Waals surface area contributed by atoms with Gasteiger partial charge in [0.05, 0.1) is 0 Å². The molecule has 3 nitrogen and oxygen atoms in total. The van der Waals surface area contributed by atoms with Gasteiger partial charge in [-0.05, 0) is 48.1 Å². The summed E-state index contributed by atoms with van der Waals surface area (Å²) in [6.07, 6.45) is 3.06. The van der Waals surface area contributed by atoms with Crippen molar-refractivity contribution in [2.24, 2.45) is 0 Å². The largest absolute Gasteiger partial charge is 0.384 e. The molecule has 0 saturated carbocycles. The van der Waals surface area contributed by atoms with E-state index < -0.39 is 6.10 Å². The number of hydrogen-bond donors (Lipinski definition) is 2. The molecule has 0 spiro atoms. The van der Waals surface area contributed by atoms with E-state index in [4.69, 9.17) is 0 Å². The smallest absolute Gasteiger partial charge is 0.220 e. The molecule has 1 unspecified atom stereocenters. The molecule has 0 bridgehead atoms. The van der Waals surface area contributed by atoms with Crippen LogP contribution < -0.4 is 5.32 Å². The van der Waals surface area contributed by atoms with E-state index in [-0.39, 0.29) is 5.91 Å². The van der Waals surface area contributed by atoms with Crippen molar-refractivity contribution < 1.29 is 9.90 Å². The molecule has 3 heteroatoms. The van der Waals surface area contributed by atoms with Crippen molar-refractivity contribution in [2.45, 2.75) is 32.8 Å². The van der Waals surface area contributed by atoms with Gasteiger partial charge in [0.2, 0.25) is 5.91 Å². The van der Waals surface area contributed by atoms with Gasteiger partial charge in [-0.2, -0.15) is 0 Å². The van der Waals surface area contributed by atoms with Crippen LogP contribution in [0.2, 0.25) is 0 Å². The summed E-state index contributed by atoms with van der Waals surface area (Å²) in [6, 6.07) is 6.16. The molecule has 0 aliphatic heterocycles. The highest BCUT2D eigenvalue weighted by Crippen LogP contribution is 2.46. The first-order chi connectivity index (χ1) is 9.06. The predicted molar refractivity (Wildman–Crippen MR) is 74.2 cm³/mol. The van der Waals surface area contributed by atoms with Crippen molar-refractivity contribution in [3.05, 3.63) is 52.2 Å². The number of aryl methyl sites for hydroxylation is 1. The molecule has 1 aromatic carbocycles. The molecule has 3 rings (SSSR count). The van der Waals surface area contributed by atoms with Crippen molar-refractivity contribution in [1.29, 1.82) is 0 Å². The molecule has 2 N–H and O–H groups in total. The van der Waals surface area contributed by atoms with Gasteiger partial charge in [0.15, 0.2) is 0 Å². The second-order valence-electron chi connectivity index (χ2n) is 5.28. The van der Waals surface area contributed by atoms with Gasteiger partial charge in [0, 0.05) is 12.6 Å². The van der Waals surface area contributed by atoms with E-state index in [9.17, 15) is 9.90 Å². The molecular formula is C16H17NO2. The van der Waals surface area contributed by atoms with Crippen LogP contribution in [0.3, 0.4) is 0 Å². The second kappa shape index (κ2) is 4.35. The van der Waals surface area contributed by atoms with Crippen molar-refractivity contribution >= 4 is 11.5 Å². The number of aliphatic hydroxyl groups is 1. The van der Waals surface area contributed by atoms with Gasteiger partial charge in [-0.1, -0.05) is 23.8 Å². The monoisotopic (exact) mass is 255 g/mol. The Morgan fingerprint density at radius 2 is 2.16 bits per heavy atom. The molecule has 2 aliphatic carbocycles. The third-order valence-electron chi connectivity index (χ3n) is 3.78. The Balaban J connectivity index is 2.03. The van der Waals surface area contributed by atoms with E-state index in [1.54, 1.807) is 0 Å². The lowest BCUT2D eigenvalue weighted by Crippen LogP contribution is -2.20. The Kier molecular flexibility index (Phi) is 2.79. The average molecular weight is 255 g/mol. The normalized spacial score (nSPS) is 20.8. The first kappa shape index (κ1) is 12.2. The van der Waals surface area contributed by atoms with Crippen molar-refractivity contribution in [3.8, 4) is 0 Å². The van der Waals surface area contributed by atoms with E-state index in [0.717, 1.165) is 29.7 Å². The minimum absolute atomic E-state index is 0.0591. The minimum atomic E-state index is -0.561. The molecule has 19 heavy (non-hydrogen) atoms. The summed E-state index contributed by atoms with van der Waals surface area (Å²) in [4.78, 5) is 11.1. The molecular weight excluding hydrogens is 238 g/mol. The molecule has 98 valence electrons. The molecule has 1 aromatic rings. The average Bonchev–Trinajstić information content (AvgIpc) is 2.62. The maximum absolute atomic E-state index is 11.1. The number of aliphatic hydroxyl groups excluding tert-OH is 1. The molecule has 0 heterocycles. The minimum Gasteiger partial charge on any atom is -0.384 e. The predicted octanol–water partition coefficient (Wildman–Crippen LogP) is 2.61. The first-order valence-corrected chi connectivity index (χ1v) is 6.56. The van der Waals surface area contributed by atoms with Gasteiger partial charge in [-0.3, -0.25) is 4.79 Å². The first-order valence-electron chi connectivity index (χ1n) is 6.56. The van der Waals surface area contributed by atoms with Gasteiger partial charge in [0.1, 0.15) is 6.10 Å². The standard InChI is InChI=1S/C16H17NO2/c1-9-3-5-13-14(7-9)12-6-4-11(17-10(2)18)8-15(12)16(13)19/h3,5,7-8,16,19H,4,6H2,1-2H3,(H,17,18). The Morgan fingerprint density at radius 3 is 2.89 bits per heavy atom. The Hall–Kier alpha value is -1.87. The number of rotatable bonds is 1. The van der Waals surface area contributed by atoms with Gasteiger partial charge in [-0.25, -0.2) is 0 Å². The maximum Gasteiger partial charge on any atom is 0.220 e. The van der Waals surface area contributed by atoms with Gasteiger partial charge < -0.3 is 10.4 Å². The van der Waals surface area contributed by atoms with Crippen LogP contribution in [0.4, 0.5) is 0 Å². The maximum atomic E-state index is 11.1. The molecule has 0 fully saturated rings. The Labute approximate surface area is 112 Å². The summed E-state index contributed by atoms with van der Waals surface area (Å²) in [5.41, 5.74) is 6.42. The van der Waals surface area contributed by atoms with Crippen LogP contribution in [0.15, 0.2) is 35.5 Å². The van der Waals surface area contributed by atoms with Crippen LogP contribution in [-0.4, -0.2) is 11.0 Å². The zero-order valence-electron chi connectivity index (χ0n) is 11.2. The number of fused-ring (bicyclic) bond motifs is 2. The lowest BCUT2D eigenvalue weighted by molar-refractivity contribution is -0.118. The quantitative estimate of drug-likeness (QED) is 0.810. The highest BCUT2D eigenvalue weighted by atomic mass is 16.3. The molecule has 0 saturated heterocycles. The van der Waals surface area contributed by atoms with Crippen LogP contribution in [0, 0.1) is 6.92 Å². The Morgan fingerprint density at radius 1 is 1.37 bits per heavy atom. The molecule has 2 aliphatic rings. The summed E-state index contributed by atoms with van der Waals surface area (Å²) in [5, 5.41) is 13.2. The highest BCUT2D eigenvalue weighted by molar-refractivity contribution is 5.82. The van der Waals surface area contributed by atoms with Crippen LogP contribution >= 0.6 is 0 Å². The lowest BCUT2D eigenvalue weighted by Gasteiger charge is -2.17. The van der Waals surface area contributed by atoms with Crippen LogP contribution in [-0.2, 0) is 4.79 Å². The van der Waals surface area contributed by atoms with E-state index in [2.05, 4.69) is 18.3 Å². The van der Waals surface area contributed by atoms with E-state index in [1.807, 2.05) is 18.2 Å². The number of carbonyl (C=O) groups excluding carboxylic acids is 1. The molecule has 1 amide bonds. The molecule has 0 aromatic heterocycles. The number of nitrogens with one attached hydrogen (secondary N) is 1. The Bertz CT molecular complexity index is 626. The zero-order valence-corrected chi connectivity index (χ0v) is 11.2. The summed E-state index contributed by atoms with van der Waals surface area (Å²) in [6.45, 7) is 3.57. The van der Waals surface area contributed by atoms with E-state index in [0.29, 0.717) is 0 Å². The highest BCUT2D eigenvalue weighted by Gasteiger charge is 2.30. The fraction of sp³-hybridized carbons (Fsp3) is 0.312. The topological polar surface area (TPSA) is 49.3 Å². The molecule has 1 atom stereocenters. The van der Waals surface area contributed by atoms with Gasteiger partial charge in [0.25, 0.3) is 0 Å². The fourth-order valence-corrected chi connectivity index (χ4v) is 2.95. The summed E-state index contributed by atoms with van der Waals surface area (Å²) in [7, 11) is 0. The molecule has 0 radical (unpaired) electrons. The third-order valence-corrected chi connectivity index (χ3v) is 3.78. The number of hydrogen-bond acceptors (Lipinski definition) is 2. The van der Waals surface area contributed by atoms with Crippen LogP contribution in [0.5, 0.6) is 0 Å². The van der Waals surface area contributed by atoms with Gasteiger partial charge in [-0.15, -0.1) is 0 Å². The number of allylic oxidation sites excluding steroid dienone is 2. The SMILES string of the molecule is CC(=O)NC1=CC2=C(CC1)c1cc(C)ccc1C2O. The summed E-state index contributed by atoms with van der Waals surface area (Å²) in [5.74, 6) is -0.0591. The summed E-state index contributed by atoms with van der Waals surface area (Å²) >= 11 is 0. The van der Waals surface area contributed by atoms with Crippen molar-refractivity contribution in [3.63, 3.8) is 0 Å². The third kappa shape index (κ3) is 2.00. The van der Waals surface area contributed by atoms with Crippen LogP contribution in [0.1, 0.15) is 42.6 Å². The number of benzene rings is 1.